The molecule has 23 heavy (non-hydrogen) atoms. The molecule has 1 saturated heterocycles. The van der Waals surface area contributed by atoms with Crippen molar-refractivity contribution in [2.75, 3.05) is 5.75 Å². The van der Waals surface area contributed by atoms with Crippen LogP contribution in [-0.4, -0.2) is 49.8 Å². The van der Waals surface area contributed by atoms with E-state index in [1.54, 1.807) is 24.4 Å². The molecule has 4 atom stereocenters. The molecule has 0 radical (unpaired) electrons. The third-order valence-electron chi connectivity index (χ3n) is 3.64. The van der Waals surface area contributed by atoms with Crippen LogP contribution in [0.4, 0.5) is 4.39 Å². The molecule has 1 aromatic heterocycles. The van der Waals surface area contributed by atoms with Crippen LogP contribution >= 0.6 is 11.8 Å². The van der Waals surface area contributed by atoms with E-state index in [9.17, 15) is 19.7 Å². The highest BCUT2D eigenvalue weighted by Gasteiger charge is 2.38. The molecule has 1 aliphatic rings. The fourth-order valence-corrected chi connectivity index (χ4v) is 3.46. The summed E-state index contributed by atoms with van der Waals surface area (Å²) in [7, 11) is 0. The highest BCUT2D eigenvalue weighted by atomic mass is 32.2. The van der Waals surface area contributed by atoms with E-state index in [1.165, 1.54) is 30.1 Å². The molecule has 122 valence electrons. The maximum Gasteiger partial charge on any atom is 0.173 e. The summed E-state index contributed by atoms with van der Waals surface area (Å²) >= 11 is 1.21. The van der Waals surface area contributed by atoms with Gasteiger partial charge in [-0.1, -0.05) is 12.1 Å². The van der Waals surface area contributed by atoms with Crippen molar-refractivity contribution in [1.82, 2.24) is 4.98 Å². The van der Waals surface area contributed by atoms with Gasteiger partial charge in [-0.2, -0.15) is 0 Å². The first kappa shape index (κ1) is 16.2. The molecule has 3 rings (SSSR count). The lowest BCUT2D eigenvalue weighted by Crippen LogP contribution is -2.50. The number of rotatable bonds is 3. The van der Waals surface area contributed by atoms with Crippen LogP contribution in [-0.2, 0) is 0 Å². The summed E-state index contributed by atoms with van der Waals surface area (Å²) in [6, 6.07) is 7.68. The van der Waals surface area contributed by atoms with Crippen LogP contribution < -0.4 is 4.74 Å². The Balaban J connectivity index is 1.85. The molecule has 0 amide bonds. The third kappa shape index (κ3) is 3.48. The molecule has 0 aliphatic carbocycles. The molecule has 5 nitrogen and oxygen atoms in total. The number of halogens is 1. The van der Waals surface area contributed by atoms with Crippen molar-refractivity contribution in [1.29, 1.82) is 0 Å². The Labute approximate surface area is 136 Å². The van der Waals surface area contributed by atoms with Crippen LogP contribution in [0.5, 0.6) is 5.75 Å². The van der Waals surface area contributed by atoms with Crippen LogP contribution in [0.2, 0.25) is 0 Å². The molecule has 2 aromatic rings. The zero-order valence-corrected chi connectivity index (χ0v) is 12.9. The number of benzene rings is 1. The van der Waals surface area contributed by atoms with Gasteiger partial charge in [-0.05, 0) is 23.8 Å². The number of thioether (sulfide) groups is 1. The summed E-state index contributed by atoms with van der Waals surface area (Å²) in [5, 5.41) is 29.4. The molecule has 1 fully saturated rings. The zero-order valence-electron chi connectivity index (χ0n) is 12.0. The van der Waals surface area contributed by atoms with E-state index in [-0.39, 0.29) is 11.6 Å². The van der Waals surface area contributed by atoms with Gasteiger partial charge in [-0.15, -0.1) is 11.8 Å². The van der Waals surface area contributed by atoms with Gasteiger partial charge >= 0.3 is 0 Å². The Hall–Kier alpha value is -1.67. The average Bonchev–Trinajstić information content (AvgIpc) is 2.57. The lowest BCUT2D eigenvalue weighted by atomic mass is 10.1. The van der Waals surface area contributed by atoms with Gasteiger partial charge in [0, 0.05) is 17.5 Å². The molecule has 7 heteroatoms. The lowest BCUT2D eigenvalue weighted by molar-refractivity contribution is -0.0785. The number of aromatic nitrogens is 1. The second-order valence-electron chi connectivity index (χ2n) is 5.25. The van der Waals surface area contributed by atoms with Crippen LogP contribution in [0.1, 0.15) is 0 Å². The van der Waals surface area contributed by atoms with Gasteiger partial charge in [0.1, 0.15) is 23.8 Å². The van der Waals surface area contributed by atoms with Gasteiger partial charge in [-0.3, -0.25) is 4.98 Å². The van der Waals surface area contributed by atoms with Crippen molar-refractivity contribution in [2.45, 2.75) is 23.7 Å². The Morgan fingerprint density at radius 3 is 2.57 bits per heavy atom. The SMILES string of the molecule is O[C@@H]1[C@@H](O)[C@H](Oc2cnccc2-c2ccc(F)cc2)SC[C@H]1O. The van der Waals surface area contributed by atoms with Gasteiger partial charge in [0.05, 0.1) is 12.3 Å². The zero-order chi connectivity index (χ0) is 16.4. The molecule has 2 heterocycles. The topological polar surface area (TPSA) is 82.8 Å². The smallest absolute Gasteiger partial charge is 0.173 e. The van der Waals surface area contributed by atoms with Crippen LogP contribution in [0.3, 0.4) is 0 Å². The minimum absolute atomic E-state index is 0.259. The predicted molar refractivity (Wildman–Crippen MR) is 84.5 cm³/mol. The van der Waals surface area contributed by atoms with Crippen LogP contribution in [0, 0.1) is 5.82 Å². The quantitative estimate of drug-likeness (QED) is 0.786. The van der Waals surface area contributed by atoms with E-state index in [0.717, 1.165) is 5.56 Å². The second-order valence-corrected chi connectivity index (χ2v) is 6.38. The minimum Gasteiger partial charge on any atom is -0.475 e. The van der Waals surface area contributed by atoms with E-state index >= 15 is 0 Å². The molecule has 0 bridgehead atoms. The summed E-state index contributed by atoms with van der Waals surface area (Å²) in [4.78, 5) is 4.01. The standard InChI is InChI=1S/C16H16FNO4S/c17-10-3-1-9(2-4-10)11-5-6-18-7-13(11)22-16-15(21)14(20)12(19)8-23-16/h1-7,12,14-16,19-21H,8H2/t12-,14+,15-,16-/m1/s1. The molecule has 0 saturated carbocycles. The predicted octanol–water partition coefficient (Wildman–Crippen LogP) is 1.42. The molecule has 0 unspecified atom stereocenters. The van der Waals surface area contributed by atoms with Crippen LogP contribution in [0.15, 0.2) is 42.7 Å². The third-order valence-corrected chi connectivity index (χ3v) is 4.87. The normalized spacial score (nSPS) is 27.7. The lowest BCUT2D eigenvalue weighted by Gasteiger charge is -2.34. The van der Waals surface area contributed by atoms with Crippen molar-refractivity contribution in [3.05, 3.63) is 48.5 Å². The number of hydrogen-bond acceptors (Lipinski definition) is 6. The molecule has 1 aliphatic heterocycles. The maximum atomic E-state index is 13.1. The number of ether oxygens (including phenoxy) is 1. The summed E-state index contributed by atoms with van der Waals surface area (Å²) < 4.78 is 18.9. The van der Waals surface area contributed by atoms with Crippen LogP contribution in [0.25, 0.3) is 11.1 Å². The Morgan fingerprint density at radius 2 is 1.83 bits per heavy atom. The minimum atomic E-state index is -1.26. The Bertz CT molecular complexity index is 669. The first-order chi connectivity index (χ1) is 11.1. The summed E-state index contributed by atoms with van der Waals surface area (Å²) in [6.45, 7) is 0. The largest absolute Gasteiger partial charge is 0.475 e. The van der Waals surface area contributed by atoms with E-state index < -0.39 is 23.7 Å². The highest BCUT2D eigenvalue weighted by Crippen LogP contribution is 2.34. The van der Waals surface area contributed by atoms with Gasteiger partial charge in [0.25, 0.3) is 0 Å². The van der Waals surface area contributed by atoms with E-state index in [1.807, 2.05) is 0 Å². The first-order valence-electron chi connectivity index (χ1n) is 7.08. The van der Waals surface area contributed by atoms with Gasteiger partial charge in [0.15, 0.2) is 5.44 Å². The summed E-state index contributed by atoms with van der Waals surface area (Å²) in [5.74, 6) is 0.342. The van der Waals surface area contributed by atoms with E-state index in [2.05, 4.69) is 4.98 Å². The number of aliphatic hydroxyl groups is 3. The fourth-order valence-electron chi connectivity index (χ4n) is 2.35. The van der Waals surface area contributed by atoms with Gasteiger partial charge in [0.2, 0.25) is 0 Å². The van der Waals surface area contributed by atoms with Crippen molar-refractivity contribution in [3.8, 4) is 16.9 Å². The van der Waals surface area contributed by atoms with E-state index in [4.69, 9.17) is 4.74 Å². The molecule has 3 N–H and O–H groups in total. The fraction of sp³-hybridized carbons (Fsp3) is 0.312. The van der Waals surface area contributed by atoms with E-state index in [0.29, 0.717) is 11.3 Å². The Morgan fingerprint density at radius 1 is 1.09 bits per heavy atom. The number of pyridine rings is 1. The number of aliphatic hydroxyl groups excluding tert-OH is 3. The number of hydrogen-bond donors (Lipinski definition) is 3. The molecular formula is C16H16FNO4S. The average molecular weight is 337 g/mol. The second kappa shape index (κ2) is 6.84. The van der Waals surface area contributed by atoms with Crippen molar-refractivity contribution >= 4 is 11.8 Å². The molecule has 0 spiro atoms. The summed E-state index contributed by atoms with van der Waals surface area (Å²) in [6.07, 6.45) is -0.365. The van der Waals surface area contributed by atoms with Crippen molar-refractivity contribution in [2.24, 2.45) is 0 Å². The first-order valence-corrected chi connectivity index (χ1v) is 8.13. The van der Waals surface area contributed by atoms with Crippen molar-refractivity contribution in [3.63, 3.8) is 0 Å². The maximum absolute atomic E-state index is 13.1. The number of nitrogens with zero attached hydrogens (tertiary/aromatic N) is 1. The van der Waals surface area contributed by atoms with Gasteiger partial charge in [-0.25, -0.2) is 4.39 Å². The summed E-state index contributed by atoms with van der Waals surface area (Å²) in [5.41, 5.74) is 0.727. The molecule has 1 aromatic carbocycles. The monoisotopic (exact) mass is 337 g/mol. The highest BCUT2D eigenvalue weighted by molar-refractivity contribution is 7.99. The van der Waals surface area contributed by atoms with Crippen molar-refractivity contribution < 1.29 is 24.4 Å². The molecular weight excluding hydrogens is 321 g/mol. The van der Waals surface area contributed by atoms with Gasteiger partial charge < -0.3 is 20.1 Å². The Kier molecular flexibility index (Phi) is 4.82.